The molecule has 0 atom stereocenters. The molecule has 0 bridgehead atoms. The van der Waals surface area contributed by atoms with Crippen LogP contribution in [-0.4, -0.2) is 56.9 Å². The molecule has 1 N–H and O–H groups in total. The zero-order valence-electron chi connectivity index (χ0n) is 15.4. The third-order valence-electron chi connectivity index (χ3n) is 5.41. The molecule has 2 aromatic heterocycles. The van der Waals surface area contributed by atoms with Crippen LogP contribution in [-0.2, 0) is 10.0 Å². The molecular weight excluding hydrogens is 376 g/mol. The highest BCUT2D eigenvalue weighted by molar-refractivity contribution is 7.90. The lowest BCUT2D eigenvalue weighted by Crippen LogP contribution is -2.43. The molecule has 2 fully saturated rings. The number of rotatable bonds is 5. The summed E-state index contributed by atoms with van der Waals surface area (Å²) in [5.41, 5.74) is 1.65. The van der Waals surface area contributed by atoms with Crippen molar-refractivity contribution in [2.24, 2.45) is 0 Å². The Bertz CT molecular complexity index is 1090. The van der Waals surface area contributed by atoms with Crippen LogP contribution in [0, 0.1) is 0 Å². The first-order chi connectivity index (χ1) is 13.6. The van der Waals surface area contributed by atoms with Crippen molar-refractivity contribution in [1.82, 2.24) is 24.1 Å². The third kappa shape index (κ3) is 3.24. The molecule has 8 nitrogen and oxygen atoms in total. The average Bonchev–Trinajstić information content (AvgIpc) is 3.50. The zero-order chi connectivity index (χ0) is 19.1. The van der Waals surface area contributed by atoms with Gasteiger partial charge in [0.15, 0.2) is 11.5 Å². The quantitative estimate of drug-likeness (QED) is 0.708. The summed E-state index contributed by atoms with van der Waals surface area (Å²) < 4.78 is 28.2. The minimum atomic E-state index is -3.07. The smallest absolute Gasteiger partial charge is 0.216 e. The van der Waals surface area contributed by atoms with Gasteiger partial charge in [-0.2, -0.15) is 4.52 Å². The van der Waals surface area contributed by atoms with Crippen molar-refractivity contribution in [3.63, 3.8) is 0 Å². The topological polar surface area (TPSA) is 92.5 Å². The van der Waals surface area contributed by atoms with Crippen molar-refractivity contribution in [3.8, 4) is 11.4 Å². The van der Waals surface area contributed by atoms with E-state index in [1.165, 1.54) is 0 Å². The van der Waals surface area contributed by atoms with Crippen molar-refractivity contribution in [3.05, 3.63) is 42.5 Å². The van der Waals surface area contributed by atoms with Crippen molar-refractivity contribution in [1.29, 1.82) is 0 Å². The van der Waals surface area contributed by atoms with E-state index >= 15 is 0 Å². The number of fused-ring (bicyclic) bond motifs is 1. The van der Waals surface area contributed by atoms with Crippen molar-refractivity contribution in [2.75, 3.05) is 18.4 Å². The maximum atomic E-state index is 12.4. The van der Waals surface area contributed by atoms with Crippen LogP contribution >= 0.6 is 0 Å². The molecule has 1 aromatic carbocycles. The number of hydrogen-bond acceptors (Lipinski definition) is 6. The van der Waals surface area contributed by atoms with Gasteiger partial charge in [0, 0.05) is 24.7 Å². The van der Waals surface area contributed by atoms with Gasteiger partial charge in [0.1, 0.15) is 5.82 Å². The molecule has 5 rings (SSSR count). The second-order valence-corrected chi connectivity index (χ2v) is 9.65. The van der Waals surface area contributed by atoms with Gasteiger partial charge >= 0.3 is 0 Å². The van der Waals surface area contributed by atoms with Crippen LogP contribution in [0.5, 0.6) is 0 Å². The Labute approximate surface area is 163 Å². The standard InChI is InChI=1S/C19H22N6O2S/c26-28(27,16-6-7-16)24-12-10-15(11-13-24)20-17-8-9-18-21-22-19(25(18)23-17)14-4-2-1-3-5-14/h1-5,8-9,15-16H,6-7,10-13H2,(H,20,23). The van der Waals surface area contributed by atoms with E-state index in [-0.39, 0.29) is 11.3 Å². The van der Waals surface area contributed by atoms with Crippen LogP contribution in [0.1, 0.15) is 25.7 Å². The highest BCUT2D eigenvalue weighted by Gasteiger charge is 2.41. The van der Waals surface area contributed by atoms with Gasteiger partial charge in [-0.15, -0.1) is 15.3 Å². The molecular formula is C19H22N6O2S. The van der Waals surface area contributed by atoms with Gasteiger partial charge in [-0.25, -0.2) is 12.7 Å². The lowest BCUT2D eigenvalue weighted by Gasteiger charge is -2.31. The Morgan fingerprint density at radius 3 is 2.39 bits per heavy atom. The Morgan fingerprint density at radius 1 is 0.929 bits per heavy atom. The van der Waals surface area contributed by atoms with E-state index in [0.29, 0.717) is 24.6 Å². The summed E-state index contributed by atoms with van der Waals surface area (Å²) in [6, 6.07) is 13.8. The minimum absolute atomic E-state index is 0.133. The highest BCUT2D eigenvalue weighted by Crippen LogP contribution is 2.32. The average molecular weight is 398 g/mol. The van der Waals surface area contributed by atoms with Crippen LogP contribution in [0.3, 0.4) is 0 Å². The van der Waals surface area contributed by atoms with Crippen LogP contribution in [0.4, 0.5) is 5.82 Å². The summed E-state index contributed by atoms with van der Waals surface area (Å²) in [5, 5.41) is 16.4. The zero-order valence-corrected chi connectivity index (χ0v) is 16.2. The van der Waals surface area contributed by atoms with E-state index in [2.05, 4.69) is 20.6 Å². The molecule has 3 aromatic rings. The first-order valence-corrected chi connectivity index (χ1v) is 11.1. The number of nitrogens with one attached hydrogen (secondary N) is 1. The second-order valence-electron chi connectivity index (χ2n) is 7.44. The van der Waals surface area contributed by atoms with Crippen molar-refractivity contribution >= 4 is 21.5 Å². The van der Waals surface area contributed by atoms with Gasteiger partial charge in [-0.1, -0.05) is 30.3 Å². The second kappa shape index (κ2) is 6.82. The molecule has 9 heteroatoms. The lowest BCUT2D eigenvalue weighted by molar-refractivity contribution is 0.329. The van der Waals surface area contributed by atoms with Gasteiger partial charge in [0.25, 0.3) is 0 Å². The fourth-order valence-corrected chi connectivity index (χ4v) is 5.55. The van der Waals surface area contributed by atoms with Gasteiger partial charge < -0.3 is 5.32 Å². The summed E-state index contributed by atoms with van der Waals surface area (Å²) >= 11 is 0. The van der Waals surface area contributed by atoms with Crippen LogP contribution in [0.15, 0.2) is 42.5 Å². The number of nitrogens with zero attached hydrogens (tertiary/aromatic N) is 5. The molecule has 0 radical (unpaired) electrons. The third-order valence-corrected chi connectivity index (χ3v) is 7.81. The number of piperidine rings is 1. The van der Waals surface area contributed by atoms with E-state index in [0.717, 1.165) is 37.1 Å². The van der Waals surface area contributed by atoms with Crippen molar-refractivity contribution in [2.45, 2.75) is 37.0 Å². The van der Waals surface area contributed by atoms with E-state index in [4.69, 9.17) is 0 Å². The molecule has 1 aliphatic carbocycles. The maximum Gasteiger partial charge on any atom is 0.216 e. The van der Waals surface area contributed by atoms with Crippen LogP contribution in [0.2, 0.25) is 0 Å². The SMILES string of the molecule is O=S(=O)(C1CC1)N1CCC(Nc2ccc3nnc(-c4ccccc4)n3n2)CC1. The largest absolute Gasteiger partial charge is 0.366 e. The maximum absolute atomic E-state index is 12.4. The summed E-state index contributed by atoms with van der Waals surface area (Å²) in [4.78, 5) is 0. The predicted molar refractivity (Wildman–Crippen MR) is 106 cm³/mol. The molecule has 0 amide bonds. The fourth-order valence-electron chi connectivity index (χ4n) is 3.67. The Kier molecular flexibility index (Phi) is 4.28. The number of sulfonamides is 1. The first kappa shape index (κ1) is 17.6. The van der Waals surface area contributed by atoms with Gasteiger partial charge in [-0.3, -0.25) is 0 Å². The molecule has 1 saturated carbocycles. The minimum Gasteiger partial charge on any atom is -0.366 e. The Morgan fingerprint density at radius 2 is 1.68 bits per heavy atom. The molecule has 1 saturated heterocycles. The van der Waals surface area contributed by atoms with E-state index in [9.17, 15) is 8.42 Å². The molecule has 28 heavy (non-hydrogen) atoms. The lowest BCUT2D eigenvalue weighted by atomic mass is 10.1. The molecule has 0 unspecified atom stereocenters. The van der Waals surface area contributed by atoms with Crippen molar-refractivity contribution < 1.29 is 8.42 Å². The predicted octanol–water partition coefficient (Wildman–Crippen LogP) is 2.16. The first-order valence-electron chi connectivity index (χ1n) is 9.65. The van der Waals surface area contributed by atoms with E-state index in [1.54, 1.807) is 8.82 Å². The van der Waals surface area contributed by atoms with Gasteiger partial charge in [-0.05, 0) is 37.8 Å². The summed E-state index contributed by atoms with van der Waals surface area (Å²) in [6.45, 7) is 1.14. The number of benzene rings is 1. The number of anilines is 1. The van der Waals surface area contributed by atoms with Crippen LogP contribution < -0.4 is 5.32 Å². The summed E-state index contributed by atoms with van der Waals surface area (Å²) in [7, 11) is -3.07. The highest BCUT2D eigenvalue weighted by atomic mass is 32.2. The van der Waals surface area contributed by atoms with E-state index < -0.39 is 10.0 Å². The molecule has 146 valence electrons. The molecule has 1 aliphatic heterocycles. The van der Waals surface area contributed by atoms with Crippen LogP contribution in [0.25, 0.3) is 17.0 Å². The summed E-state index contributed by atoms with van der Waals surface area (Å²) in [5.74, 6) is 1.44. The Hall–Kier alpha value is -2.52. The number of aromatic nitrogens is 4. The van der Waals surface area contributed by atoms with Gasteiger partial charge in [0.05, 0.1) is 5.25 Å². The summed E-state index contributed by atoms with van der Waals surface area (Å²) in [6.07, 6.45) is 3.18. The molecule has 3 heterocycles. The van der Waals surface area contributed by atoms with E-state index in [1.807, 2.05) is 42.5 Å². The monoisotopic (exact) mass is 398 g/mol. The Balaban J connectivity index is 1.31. The normalized spacial score (nSPS) is 19.1. The molecule has 0 spiro atoms. The number of hydrogen-bond donors (Lipinski definition) is 1. The fraction of sp³-hybridized carbons (Fsp3) is 0.421. The van der Waals surface area contributed by atoms with Gasteiger partial charge in [0.2, 0.25) is 10.0 Å². The molecule has 2 aliphatic rings.